The summed E-state index contributed by atoms with van der Waals surface area (Å²) in [5.41, 5.74) is 1.25. The monoisotopic (exact) mass is 292 g/mol. The van der Waals surface area contributed by atoms with Crippen LogP contribution in [0, 0.1) is 5.82 Å². The number of hydrogen-bond acceptors (Lipinski definition) is 2. The zero-order valence-corrected chi connectivity index (χ0v) is 11.6. The summed E-state index contributed by atoms with van der Waals surface area (Å²) >= 11 is 6.38. The van der Waals surface area contributed by atoms with Crippen molar-refractivity contribution in [1.29, 1.82) is 0 Å². The molecule has 104 valence electrons. The molecule has 0 spiro atoms. The summed E-state index contributed by atoms with van der Waals surface area (Å²) in [4.78, 5) is 0. The molecule has 1 aliphatic rings. The molecule has 0 N–H and O–H groups in total. The van der Waals surface area contributed by atoms with Crippen LogP contribution in [0.4, 0.5) is 4.39 Å². The molecule has 1 heterocycles. The third-order valence-corrected chi connectivity index (χ3v) is 3.73. The van der Waals surface area contributed by atoms with Crippen LogP contribution in [-0.4, -0.2) is 13.2 Å². The second kappa shape index (κ2) is 5.71. The average molecular weight is 293 g/mol. The number of rotatable bonds is 2. The van der Waals surface area contributed by atoms with E-state index in [1.54, 1.807) is 18.2 Å². The van der Waals surface area contributed by atoms with Crippen LogP contribution in [0.5, 0.6) is 11.5 Å². The largest absolute Gasteiger partial charge is 0.490 e. The summed E-state index contributed by atoms with van der Waals surface area (Å²) in [5, 5.41) is -0.548. The fourth-order valence-electron chi connectivity index (χ4n) is 2.20. The average Bonchev–Trinajstić information content (AvgIpc) is 2.71. The maximum Gasteiger partial charge on any atom is 0.161 e. The Bertz CT molecular complexity index is 615. The Labute approximate surface area is 122 Å². The van der Waals surface area contributed by atoms with E-state index in [9.17, 15) is 4.39 Å². The lowest BCUT2D eigenvalue weighted by Gasteiger charge is -2.14. The van der Waals surface area contributed by atoms with E-state index in [1.165, 1.54) is 6.07 Å². The molecule has 1 atom stereocenters. The minimum absolute atomic E-state index is 0.306. The van der Waals surface area contributed by atoms with Crippen LogP contribution in [0.15, 0.2) is 42.5 Å². The first kappa shape index (κ1) is 13.3. The standard InChI is InChI=1S/C16H14ClFO2/c17-16(12-4-1-2-5-13(12)18)11-6-7-14-15(10-11)20-9-3-8-19-14/h1-2,4-7,10,16H,3,8-9H2. The number of halogens is 2. The van der Waals surface area contributed by atoms with Gasteiger partial charge in [0.25, 0.3) is 0 Å². The third-order valence-electron chi connectivity index (χ3n) is 3.24. The Hall–Kier alpha value is -1.74. The van der Waals surface area contributed by atoms with Crippen LogP contribution in [0.1, 0.15) is 22.9 Å². The highest BCUT2D eigenvalue weighted by molar-refractivity contribution is 6.22. The van der Waals surface area contributed by atoms with Gasteiger partial charge in [0.2, 0.25) is 0 Å². The van der Waals surface area contributed by atoms with Gasteiger partial charge in [-0.3, -0.25) is 0 Å². The molecule has 0 aliphatic carbocycles. The Morgan fingerprint density at radius 1 is 1.00 bits per heavy atom. The molecule has 2 aromatic rings. The molecule has 0 saturated heterocycles. The fraction of sp³-hybridized carbons (Fsp3) is 0.250. The normalized spacial score (nSPS) is 15.5. The van der Waals surface area contributed by atoms with Crippen LogP contribution < -0.4 is 9.47 Å². The van der Waals surface area contributed by atoms with Gasteiger partial charge in [-0.2, -0.15) is 0 Å². The third kappa shape index (κ3) is 2.59. The van der Waals surface area contributed by atoms with Crippen molar-refractivity contribution in [3.05, 3.63) is 59.4 Å². The maximum atomic E-state index is 13.8. The molecule has 0 radical (unpaired) electrons. The van der Waals surface area contributed by atoms with E-state index in [4.69, 9.17) is 21.1 Å². The zero-order valence-electron chi connectivity index (χ0n) is 10.8. The lowest BCUT2D eigenvalue weighted by Crippen LogP contribution is -1.99. The molecule has 1 aliphatic heterocycles. The van der Waals surface area contributed by atoms with Crippen molar-refractivity contribution in [2.75, 3.05) is 13.2 Å². The first-order valence-electron chi connectivity index (χ1n) is 6.54. The summed E-state index contributed by atoms with van der Waals surface area (Å²) < 4.78 is 25.0. The van der Waals surface area contributed by atoms with E-state index in [1.807, 2.05) is 18.2 Å². The van der Waals surface area contributed by atoms with Crippen LogP contribution in [0.2, 0.25) is 0 Å². The Morgan fingerprint density at radius 3 is 2.55 bits per heavy atom. The van der Waals surface area contributed by atoms with Crippen LogP contribution in [-0.2, 0) is 0 Å². The van der Waals surface area contributed by atoms with Crippen LogP contribution in [0.3, 0.4) is 0 Å². The van der Waals surface area contributed by atoms with Crippen molar-refractivity contribution >= 4 is 11.6 Å². The highest BCUT2D eigenvalue weighted by atomic mass is 35.5. The van der Waals surface area contributed by atoms with E-state index in [0.717, 1.165) is 12.0 Å². The van der Waals surface area contributed by atoms with Gasteiger partial charge in [-0.15, -0.1) is 11.6 Å². The molecule has 0 saturated carbocycles. The molecule has 2 aromatic carbocycles. The summed E-state index contributed by atoms with van der Waals surface area (Å²) in [6.07, 6.45) is 0.849. The van der Waals surface area contributed by atoms with Gasteiger partial charge in [0.1, 0.15) is 5.82 Å². The van der Waals surface area contributed by atoms with Crippen molar-refractivity contribution in [2.45, 2.75) is 11.8 Å². The molecule has 3 rings (SSSR count). The van der Waals surface area contributed by atoms with Crippen molar-refractivity contribution in [3.8, 4) is 11.5 Å². The van der Waals surface area contributed by atoms with Crippen LogP contribution >= 0.6 is 11.6 Å². The van der Waals surface area contributed by atoms with E-state index < -0.39 is 5.38 Å². The minimum atomic E-state index is -0.548. The molecular weight excluding hydrogens is 279 g/mol. The topological polar surface area (TPSA) is 18.5 Å². The lowest BCUT2D eigenvalue weighted by atomic mass is 10.0. The maximum absolute atomic E-state index is 13.8. The van der Waals surface area contributed by atoms with Crippen molar-refractivity contribution in [2.24, 2.45) is 0 Å². The SMILES string of the molecule is Fc1ccccc1C(Cl)c1ccc2c(c1)OCCCO2. The molecule has 0 bridgehead atoms. The fourth-order valence-corrected chi connectivity index (χ4v) is 2.51. The molecule has 1 unspecified atom stereocenters. The van der Waals surface area contributed by atoms with Gasteiger partial charge >= 0.3 is 0 Å². The van der Waals surface area contributed by atoms with E-state index in [0.29, 0.717) is 30.3 Å². The minimum Gasteiger partial charge on any atom is -0.490 e. The summed E-state index contributed by atoms with van der Waals surface area (Å²) in [5.74, 6) is 1.07. The molecule has 0 fully saturated rings. The quantitative estimate of drug-likeness (QED) is 0.768. The summed E-state index contributed by atoms with van der Waals surface area (Å²) in [6.45, 7) is 1.26. The summed E-state index contributed by atoms with van der Waals surface area (Å²) in [6, 6.07) is 12.0. The first-order valence-corrected chi connectivity index (χ1v) is 6.97. The highest BCUT2D eigenvalue weighted by Crippen LogP contribution is 2.37. The van der Waals surface area contributed by atoms with Crippen molar-refractivity contribution < 1.29 is 13.9 Å². The lowest BCUT2D eigenvalue weighted by molar-refractivity contribution is 0.297. The number of fused-ring (bicyclic) bond motifs is 1. The van der Waals surface area contributed by atoms with E-state index >= 15 is 0 Å². The van der Waals surface area contributed by atoms with Gasteiger partial charge < -0.3 is 9.47 Å². The Morgan fingerprint density at radius 2 is 1.75 bits per heavy atom. The molecule has 0 amide bonds. The van der Waals surface area contributed by atoms with Gasteiger partial charge in [-0.05, 0) is 23.8 Å². The Kier molecular flexibility index (Phi) is 3.79. The number of ether oxygens (including phenoxy) is 2. The van der Waals surface area contributed by atoms with Crippen LogP contribution in [0.25, 0.3) is 0 Å². The highest BCUT2D eigenvalue weighted by Gasteiger charge is 2.18. The van der Waals surface area contributed by atoms with Gasteiger partial charge in [-0.25, -0.2) is 4.39 Å². The number of benzene rings is 2. The second-order valence-corrected chi connectivity index (χ2v) is 5.08. The van der Waals surface area contributed by atoms with Gasteiger partial charge in [0.05, 0.1) is 18.6 Å². The molecule has 4 heteroatoms. The molecule has 0 aromatic heterocycles. The first-order chi connectivity index (χ1) is 9.75. The number of alkyl halides is 1. The van der Waals surface area contributed by atoms with E-state index in [2.05, 4.69) is 0 Å². The smallest absolute Gasteiger partial charge is 0.161 e. The van der Waals surface area contributed by atoms with Crippen molar-refractivity contribution in [3.63, 3.8) is 0 Å². The second-order valence-electron chi connectivity index (χ2n) is 4.64. The van der Waals surface area contributed by atoms with Gasteiger partial charge in [-0.1, -0.05) is 24.3 Å². The molecular formula is C16H14ClFO2. The van der Waals surface area contributed by atoms with Crippen molar-refractivity contribution in [1.82, 2.24) is 0 Å². The molecule has 20 heavy (non-hydrogen) atoms. The molecule has 2 nitrogen and oxygen atoms in total. The predicted molar refractivity (Wildman–Crippen MR) is 76.1 cm³/mol. The number of hydrogen-bond donors (Lipinski definition) is 0. The predicted octanol–water partition coefficient (Wildman–Crippen LogP) is 4.32. The van der Waals surface area contributed by atoms with E-state index in [-0.39, 0.29) is 5.82 Å². The summed E-state index contributed by atoms with van der Waals surface area (Å²) in [7, 11) is 0. The van der Waals surface area contributed by atoms with Gasteiger partial charge in [0.15, 0.2) is 11.5 Å². The van der Waals surface area contributed by atoms with Gasteiger partial charge in [0, 0.05) is 12.0 Å². The Balaban J connectivity index is 1.94. The zero-order chi connectivity index (χ0) is 13.9.